The first-order valence-electron chi connectivity index (χ1n) is 7.87. The van der Waals surface area contributed by atoms with Crippen molar-refractivity contribution in [3.05, 3.63) is 0 Å². The molecule has 1 aliphatic heterocycles. The van der Waals surface area contributed by atoms with E-state index in [0.29, 0.717) is 4.75 Å². The molecule has 1 heterocycles. The first-order chi connectivity index (χ1) is 9.07. The second-order valence-electron chi connectivity index (χ2n) is 5.98. The second-order valence-corrected chi connectivity index (χ2v) is 7.78. The van der Waals surface area contributed by atoms with Crippen LogP contribution in [-0.2, 0) is 0 Å². The maximum atomic E-state index is 3.58. The highest BCUT2D eigenvalue weighted by molar-refractivity contribution is 8.00. The standard InChI is InChI=1S/C15H33N3S/c1-5-17(6-2)11-8-16-9-12-18-10-7-15(3,4)19-14-13-18/h16H,5-14H2,1-4H3. The van der Waals surface area contributed by atoms with E-state index >= 15 is 0 Å². The number of nitrogens with one attached hydrogen (secondary N) is 1. The molecule has 0 aromatic carbocycles. The van der Waals surface area contributed by atoms with Gasteiger partial charge in [-0.05, 0) is 26.1 Å². The Morgan fingerprint density at radius 1 is 1.16 bits per heavy atom. The lowest BCUT2D eigenvalue weighted by atomic mass is 10.1. The summed E-state index contributed by atoms with van der Waals surface area (Å²) in [6.07, 6.45) is 1.32. The van der Waals surface area contributed by atoms with Gasteiger partial charge in [0.2, 0.25) is 0 Å². The van der Waals surface area contributed by atoms with Crippen LogP contribution in [0.15, 0.2) is 0 Å². The third kappa shape index (κ3) is 7.54. The molecular weight excluding hydrogens is 254 g/mol. The number of rotatable bonds is 8. The van der Waals surface area contributed by atoms with Crippen LogP contribution < -0.4 is 5.32 Å². The van der Waals surface area contributed by atoms with Crippen molar-refractivity contribution in [1.82, 2.24) is 15.1 Å². The number of thioether (sulfide) groups is 1. The molecule has 1 saturated heterocycles. The van der Waals surface area contributed by atoms with Crippen LogP contribution in [0.2, 0.25) is 0 Å². The zero-order valence-corrected chi connectivity index (χ0v) is 14.2. The molecule has 0 aromatic heterocycles. The quantitative estimate of drug-likeness (QED) is 0.689. The van der Waals surface area contributed by atoms with Gasteiger partial charge in [0.1, 0.15) is 0 Å². The lowest BCUT2D eigenvalue weighted by Crippen LogP contribution is -2.37. The van der Waals surface area contributed by atoms with Gasteiger partial charge < -0.3 is 15.1 Å². The summed E-state index contributed by atoms with van der Waals surface area (Å²) >= 11 is 2.13. The van der Waals surface area contributed by atoms with Gasteiger partial charge in [0.05, 0.1) is 0 Å². The Morgan fingerprint density at radius 3 is 2.58 bits per heavy atom. The SMILES string of the molecule is CCN(CC)CCNCCN1CCSC(C)(C)CC1. The topological polar surface area (TPSA) is 18.5 Å². The molecule has 0 saturated carbocycles. The lowest BCUT2D eigenvalue weighted by molar-refractivity contribution is 0.273. The molecule has 114 valence electrons. The largest absolute Gasteiger partial charge is 0.314 e. The smallest absolute Gasteiger partial charge is 0.0116 e. The third-order valence-electron chi connectivity index (χ3n) is 4.03. The molecule has 19 heavy (non-hydrogen) atoms. The molecule has 0 aromatic rings. The van der Waals surface area contributed by atoms with Gasteiger partial charge in [-0.15, -0.1) is 0 Å². The Kier molecular flexibility index (Phi) is 8.38. The molecule has 1 rings (SSSR count). The monoisotopic (exact) mass is 287 g/mol. The number of nitrogens with zero attached hydrogens (tertiary/aromatic N) is 2. The lowest BCUT2D eigenvalue weighted by Gasteiger charge is -2.23. The highest BCUT2D eigenvalue weighted by atomic mass is 32.2. The summed E-state index contributed by atoms with van der Waals surface area (Å²) in [6.45, 7) is 18.7. The first kappa shape index (κ1) is 17.3. The fourth-order valence-electron chi connectivity index (χ4n) is 2.43. The average Bonchev–Trinajstić information content (AvgIpc) is 2.55. The van der Waals surface area contributed by atoms with E-state index in [2.05, 4.69) is 54.6 Å². The van der Waals surface area contributed by atoms with Crippen molar-refractivity contribution >= 4 is 11.8 Å². The van der Waals surface area contributed by atoms with Gasteiger partial charge in [-0.3, -0.25) is 0 Å². The Morgan fingerprint density at radius 2 is 1.89 bits per heavy atom. The molecule has 3 nitrogen and oxygen atoms in total. The van der Waals surface area contributed by atoms with Crippen molar-refractivity contribution < 1.29 is 0 Å². The number of hydrogen-bond acceptors (Lipinski definition) is 4. The minimum absolute atomic E-state index is 0.477. The summed E-state index contributed by atoms with van der Waals surface area (Å²) in [5.41, 5.74) is 0. The minimum Gasteiger partial charge on any atom is -0.314 e. The van der Waals surface area contributed by atoms with E-state index in [1.54, 1.807) is 0 Å². The average molecular weight is 288 g/mol. The summed E-state index contributed by atoms with van der Waals surface area (Å²) in [4.78, 5) is 5.09. The van der Waals surface area contributed by atoms with Crippen LogP contribution >= 0.6 is 11.8 Å². The van der Waals surface area contributed by atoms with E-state index in [1.807, 2.05) is 0 Å². The fourth-order valence-corrected chi connectivity index (χ4v) is 3.56. The molecule has 4 heteroatoms. The van der Waals surface area contributed by atoms with Gasteiger partial charge >= 0.3 is 0 Å². The summed E-state index contributed by atoms with van der Waals surface area (Å²) in [5.74, 6) is 1.28. The summed E-state index contributed by atoms with van der Waals surface area (Å²) in [5, 5.41) is 3.58. The minimum atomic E-state index is 0.477. The summed E-state index contributed by atoms with van der Waals surface area (Å²) in [6, 6.07) is 0. The Hall–Kier alpha value is 0.230. The van der Waals surface area contributed by atoms with Crippen LogP contribution in [0.1, 0.15) is 34.1 Å². The van der Waals surface area contributed by atoms with Crippen molar-refractivity contribution in [1.29, 1.82) is 0 Å². The van der Waals surface area contributed by atoms with Crippen LogP contribution in [0.3, 0.4) is 0 Å². The highest BCUT2D eigenvalue weighted by Crippen LogP contribution is 2.30. The number of likely N-dealkylation sites (N-methyl/N-ethyl adjacent to an activating group) is 1. The van der Waals surface area contributed by atoms with Crippen molar-refractivity contribution in [3.8, 4) is 0 Å². The van der Waals surface area contributed by atoms with E-state index < -0.39 is 0 Å². The van der Waals surface area contributed by atoms with Crippen LogP contribution in [-0.4, -0.2) is 72.7 Å². The molecule has 0 atom stereocenters. The van der Waals surface area contributed by atoms with E-state index in [-0.39, 0.29) is 0 Å². The van der Waals surface area contributed by atoms with E-state index in [1.165, 1.54) is 38.4 Å². The molecule has 0 radical (unpaired) electrons. The van der Waals surface area contributed by atoms with Crippen LogP contribution in [0.5, 0.6) is 0 Å². The van der Waals surface area contributed by atoms with Crippen molar-refractivity contribution in [2.45, 2.75) is 38.9 Å². The zero-order chi connectivity index (χ0) is 14.1. The highest BCUT2D eigenvalue weighted by Gasteiger charge is 2.23. The summed E-state index contributed by atoms with van der Waals surface area (Å²) < 4.78 is 0.477. The molecule has 0 aliphatic carbocycles. The number of hydrogen-bond donors (Lipinski definition) is 1. The maximum absolute atomic E-state index is 3.58. The molecule has 0 spiro atoms. The van der Waals surface area contributed by atoms with Gasteiger partial charge in [0.25, 0.3) is 0 Å². The van der Waals surface area contributed by atoms with Crippen molar-refractivity contribution in [3.63, 3.8) is 0 Å². The Balaban J connectivity index is 2.06. The predicted molar refractivity (Wildman–Crippen MR) is 88.3 cm³/mol. The summed E-state index contributed by atoms with van der Waals surface area (Å²) in [7, 11) is 0. The van der Waals surface area contributed by atoms with Gasteiger partial charge in [0, 0.05) is 43.2 Å². The fraction of sp³-hybridized carbons (Fsp3) is 1.00. The van der Waals surface area contributed by atoms with Crippen molar-refractivity contribution in [2.24, 2.45) is 0 Å². The van der Waals surface area contributed by atoms with E-state index in [9.17, 15) is 0 Å². The van der Waals surface area contributed by atoms with E-state index in [0.717, 1.165) is 26.2 Å². The maximum Gasteiger partial charge on any atom is 0.0116 e. The third-order valence-corrected chi connectivity index (χ3v) is 5.41. The Bertz CT molecular complexity index is 229. The normalized spacial score (nSPS) is 20.7. The van der Waals surface area contributed by atoms with Gasteiger partial charge in [0.15, 0.2) is 0 Å². The Labute approximate surface area is 124 Å². The van der Waals surface area contributed by atoms with Crippen LogP contribution in [0, 0.1) is 0 Å². The molecule has 0 unspecified atom stereocenters. The molecule has 1 aliphatic rings. The van der Waals surface area contributed by atoms with Crippen molar-refractivity contribution in [2.75, 3.05) is 58.1 Å². The predicted octanol–water partition coefficient (Wildman–Crippen LogP) is 2.14. The van der Waals surface area contributed by atoms with Gasteiger partial charge in [-0.1, -0.05) is 27.7 Å². The van der Waals surface area contributed by atoms with E-state index in [4.69, 9.17) is 0 Å². The second kappa shape index (κ2) is 9.22. The molecular formula is C15H33N3S. The van der Waals surface area contributed by atoms with Crippen LogP contribution in [0.4, 0.5) is 0 Å². The molecule has 1 fully saturated rings. The van der Waals surface area contributed by atoms with Crippen LogP contribution in [0.25, 0.3) is 0 Å². The molecule has 0 amide bonds. The molecule has 1 N–H and O–H groups in total. The first-order valence-corrected chi connectivity index (χ1v) is 8.85. The van der Waals surface area contributed by atoms with Gasteiger partial charge in [-0.2, -0.15) is 11.8 Å². The molecule has 0 bridgehead atoms. The zero-order valence-electron chi connectivity index (χ0n) is 13.4. The van der Waals surface area contributed by atoms with Gasteiger partial charge in [-0.25, -0.2) is 0 Å².